The van der Waals surface area contributed by atoms with Crippen molar-refractivity contribution >= 4 is 0 Å². The summed E-state index contributed by atoms with van der Waals surface area (Å²) in [5.41, 5.74) is 0. The lowest BCUT2D eigenvalue weighted by Gasteiger charge is -2.43. The van der Waals surface area contributed by atoms with Crippen molar-refractivity contribution < 1.29 is 0 Å². The van der Waals surface area contributed by atoms with Gasteiger partial charge in [0.05, 0.1) is 0 Å². The van der Waals surface area contributed by atoms with E-state index >= 15 is 0 Å². The Morgan fingerprint density at radius 1 is 1.00 bits per heavy atom. The van der Waals surface area contributed by atoms with Crippen molar-refractivity contribution in [1.29, 1.82) is 0 Å². The van der Waals surface area contributed by atoms with Crippen molar-refractivity contribution in [2.75, 3.05) is 19.6 Å². The van der Waals surface area contributed by atoms with E-state index in [-0.39, 0.29) is 0 Å². The van der Waals surface area contributed by atoms with Gasteiger partial charge in [-0.1, -0.05) is 40.0 Å². The third kappa shape index (κ3) is 4.19. The van der Waals surface area contributed by atoms with E-state index in [2.05, 4.69) is 31.0 Å². The Bertz CT molecular complexity index is 254. The molecule has 0 bridgehead atoms. The molecule has 1 aliphatic carbocycles. The summed E-state index contributed by atoms with van der Waals surface area (Å²) in [5, 5.41) is 3.74. The van der Waals surface area contributed by atoms with E-state index in [1.165, 1.54) is 64.6 Å². The normalized spacial score (nSPS) is 38.1. The first-order chi connectivity index (χ1) is 9.22. The SMILES string of the molecule is CCCNC1CCN(C2CCCCCC2C)CC1C. The van der Waals surface area contributed by atoms with Crippen LogP contribution in [0.25, 0.3) is 0 Å². The molecule has 19 heavy (non-hydrogen) atoms. The largest absolute Gasteiger partial charge is 0.314 e. The summed E-state index contributed by atoms with van der Waals surface area (Å²) in [6.07, 6.45) is 9.88. The van der Waals surface area contributed by atoms with Gasteiger partial charge >= 0.3 is 0 Å². The molecule has 4 atom stereocenters. The zero-order chi connectivity index (χ0) is 13.7. The van der Waals surface area contributed by atoms with Crippen LogP contribution in [-0.4, -0.2) is 36.6 Å². The highest BCUT2D eigenvalue weighted by Crippen LogP contribution is 2.30. The molecule has 2 heteroatoms. The number of rotatable bonds is 4. The summed E-state index contributed by atoms with van der Waals surface area (Å²) in [6.45, 7) is 11.0. The molecule has 4 unspecified atom stereocenters. The molecule has 112 valence electrons. The number of hydrogen-bond acceptors (Lipinski definition) is 2. The Morgan fingerprint density at radius 2 is 1.79 bits per heavy atom. The average molecular weight is 266 g/mol. The van der Waals surface area contributed by atoms with E-state index in [0.717, 1.165) is 23.9 Å². The van der Waals surface area contributed by atoms with Gasteiger partial charge in [0, 0.05) is 18.6 Å². The molecule has 2 aliphatic rings. The van der Waals surface area contributed by atoms with E-state index in [1.807, 2.05) is 0 Å². The van der Waals surface area contributed by atoms with E-state index < -0.39 is 0 Å². The molecule has 0 radical (unpaired) electrons. The van der Waals surface area contributed by atoms with Gasteiger partial charge in [-0.2, -0.15) is 0 Å². The van der Waals surface area contributed by atoms with Crippen LogP contribution in [0.3, 0.4) is 0 Å². The molecule has 1 saturated heterocycles. The van der Waals surface area contributed by atoms with Gasteiger partial charge in [-0.25, -0.2) is 0 Å². The molecule has 1 aliphatic heterocycles. The summed E-state index contributed by atoms with van der Waals surface area (Å²) < 4.78 is 0. The summed E-state index contributed by atoms with van der Waals surface area (Å²) in [6, 6.07) is 1.63. The fourth-order valence-electron chi connectivity index (χ4n) is 4.13. The van der Waals surface area contributed by atoms with Gasteiger partial charge in [0.25, 0.3) is 0 Å². The summed E-state index contributed by atoms with van der Waals surface area (Å²) >= 11 is 0. The summed E-state index contributed by atoms with van der Waals surface area (Å²) in [4.78, 5) is 2.82. The highest BCUT2D eigenvalue weighted by Gasteiger charge is 2.32. The van der Waals surface area contributed by atoms with Crippen molar-refractivity contribution in [3.63, 3.8) is 0 Å². The maximum Gasteiger partial charge on any atom is 0.0121 e. The molecule has 1 N–H and O–H groups in total. The highest BCUT2D eigenvalue weighted by atomic mass is 15.2. The van der Waals surface area contributed by atoms with Gasteiger partial charge in [-0.15, -0.1) is 0 Å². The number of nitrogens with zero attached hydrogens (tertiary/aromatic N) is 1. The molecule has 0 spiro atoms. The zero-order valence-electron chi connectivity index (χ0n) is 13.3. The maximum atomic E-state index is 3.74. The van der Waals surface area contributed by atoms with Gasteiger partial charge in [0.1, 0.15) is 0 Å². The minimum atomic E-state index is 0.761. The van der Waals surface area contributed by atoms with Crippen LogP contribution in [0.5, 0.6) is 0 Å². The zero-order valence-corrected chi connectivity index (χ0v) is 13.3. The molecule has 0 aromatic carbocycles. The molecule has 0 amide bonds. The molecule has 0 aromatic heterocycles. The van der Waals surface area contributed by atoms with Crippen LogP contribution in [0, 0.1) is 11.8 Å². The van der Waals surface area contributed by atoms with Crippen LogP contribution in [0.15, 0.2) is 0 Å². The van der Waals surface area contributed by atoms with Crippen molar-refractivity contribution in [2.24, 2.45) is 11.8 Å². The van der Waals surface area contributed by atoms with E-state index in [4.69, 9.17) is 0 Å². The lowest BCUT2D eigenvalue weighted by atomic mass is 9.88. The minimum Gasteiger partial charge on any atom is -0.314 e. The van der Waals surface area contributed by atoms with Crippen molar-refractivity contribution in [3.05, 3.63) is 0 Å². The van der Waals surface area contributed by atoms with Crippen LogP contribution in [0.4, 0.5) is 0 Å². The van der Waals surface area contributed by atoms with Crippen molar-refractivity contribution in [3.8, 4) is 0 Å². The first-order valence-corrected chi connectivity index (χ1v) is 8.69. The molecule has 2 nitrogen and oxygen atoms in total. The van der Waals surface area contributed by atoms with Crippen LogP contribution in [-0.2, 0) is 0 Å². The number of hydrogen-bond donors (Lipinski definition) is 1. The standard InChI is InChI=1S/C17H34N2/c1-4-11-18-16-10-12-19(13-15(16)3)17-9-7-5-6-8-14(17)2/h14-18H,4-13H2,1-3H3. The second-order valence-corrected chi connectivity index (χ2v) is 7.00. The molecule has 2 fully saturated rings. The lowest BCUT2D eigenvalue weighted by Crippen LogP contribution is -2.52. The minimum absolute atomic E-state index is 0.761. The summed E-state index contributed by atoms with van der Waals surface area (Å²) in [7, 11) is 0. The third-order valence-corrected chi connectivity index (χ3v) is 5.38. The molecular formula is C17H34N2. The van der Waals surface area contributed by atoms with Crippen LogP contribution >= 0.6 is 0 Å². The Labute approximate surface area is 120 Å². The predicted molar refractivity (Wildman–Crippen MR) is 83.5 cm³/mol. The maximum absolute atomic E-state index is 3.74. The quantitative estimate of drug-likeness (QED) is 0.781. The summed E-state index contributed by atoms with van der Waals surface area (Å²) in [5.74, 6) is 1.73. The number of piperidine rings is 1. The monoisotopic (exact) mass is 266 g/mol. The molecule has 0 aromatic rings. The molecule has 2 rings (SSSR count). The average Bonchev–Trinajstić information content (AvgIpc) is 2.62. The van der Waals surface area contributed by atoms with Gasteiger partial charge in [-0.3, -0.25) is 4.90 Å². The smallest absolute Gasteiger partial charge is 0.0121 e. The number of likely N-dealkylation sites (tertiary alicyclic amines) is 1. The molecule has 1 heterocycles. The Balaban J connectivity index is 1.85. The highest BCUT2D eigenvalue weighted by molar-refractivity contribution is 4.88. The van der Waals surface area contributed by atoms with Crippen LogP contribution in [0.2, 0.25) is 0 Å². The number of nitrogens with one attached hydrogen (secondary N) is 1. The second-order valence-electron chi connectivity index (χ2n) is 7.00. The van der Waals surface area contributed by atoms with Crippen molar-refractivity contribution in [2.45, 2.75) is 77.8 Å². The Morgan fingerprint density at radius 3 is 2.53 bits per heavy atom. The fourth-order valence-corrected chi connectivity index (χ4v) is 4.13. The van der Waals surface area contributed by atoms with Crippen molar-refractivity contribution in [1.82, 2.24) is 10.2 Å². The van der Waals surface area contributed by atoms with Crippen LogP contribution in [0.1, 0.15) is 65.7 Å². The van der Waals surface area contributed by atoms with E-state index in [9.17, 15) is 0 Å². The third-order valence-electron chi connectivity index (χ3n) is 5.38. The van der Waals surface area contributed by atoms with E-state index in [0.29, 0.717) is 0 Å². The molecular weight excluding hydrogens is 232 g/mol. The predicted octanol–water partition coefficient (Wildman–Crippen LogP) is 3.67. The Kier molecular flexibility index (Phi) is 6.15. The van der Waals surface area contributed by atoms with E-state index in [1.54, 1.807) is 0 Å². The second kappa shape index (κ2) is 7.64. The van der Waals surface area contributed by atoms with Gasteiger partial charge in [0.2, 0.25) is 0 Å². The first kappa shape index (κ1) is 15.3. The Hall–Kier alpha value is -0.0800. The molecule has 1 saturated carbocycles. The topological polar surface area (TPSA) is 15.3 Å². The van der Waals surface area contributed by atoms with Gasteiger partial charge in [-0.05, 0) is 50.6 Å². The first-order valence-electron chi connectivity index (χ1n) is 8.69. The van der Waals surface area contributed by atoms with Crippen LogP contribution < -0.4 is 5.32 Å². The fraction of sp³-hybridized carbons (Fsp3) is 1.00. The lowest BCUT2D eigenvalue weighted by molar-refractivity contribution is 0.0730. The van der Waals surface area contributed by atoms with Gasteiger partial charge in [0.15, 0.2) is 0 Å². The van der Waals surface area contributed by atoms with Gasteiger partial charge < -0.3 is 5.32 Å².